The SMILES string of the molecule is CCCNC(=O)CN1CCC(NC(=NC)NCCc2ccncc2C)CC1. The van der Waals surface area contributed by atoms with Crippen LogP contribution in [0.5, 0.6) is 0 Å². The van der Waals surface area contributed by atoms with Crippen LogP contribution in [0.25, 0.3) is 0 Å². The highest BCUT2D eigenvalue weighted by Gasteiger charge is 2.21. The van der Waals surface area contributed by atoms with Gasteiger partial charge in [-0.3, -0.25) is 19.7 Å². The molecule has 1 amide bonds. The second-order valence-electron chi connectivity index (χ2n) is 7.10. The van der Waals surface area contributed by atoms with E-state index in [9.17, 15) is 4.79 Å². The van der Waals surface area contributed by atoms with E-state index in [1.807, 2.05) is 12.4 Å². The molecule has 1 saturated heterocycles. The normalized spacial score (nSPS) is 16.2. The maximum absolute atomic E-state index is 11.8. The maximum atomic E-state index is 11.8. The summed E-state index contributed by atoms with van der Waals surface area (Å²) < 4.78 is 0. The van der Waals surface area contributed by atoms with E-state index in [0.717, 1.165) is 57.8 Å². The zero-order valence-electron chi connectivity index (χ0n) is 16.9. The molecule has 0 unspecified atom stereocenters. The molecule has 1 aromatic rings. The van der Waals surface area contributed by atoms with Gasteiger partial charge in [-0.15, -0.1) is 0 Å². The first-order chi connectivity index (χ1) is 13.1. The molecule has 1 fully saturated rings. The number of hydrogen-bond donors (Lipinski definition) is 3. The van der Waals surface area contributed by atoms with E-state index in [4.69, 9.17) is 0 Å². The lowest BCUT2D eigenvalue weighted by molar-refractivity contribution is -0.122. The highest BCUT2D eigenvalue weighted by atomic mass is 16.2. The van der Waals surface area contributed by atoms with Gasteiger partial charge in [-0.1, -0.05) is 6.92 Å². The molecule has 150 valence electrons. The predicted octanol–water partition coefficient (Wildman–Crippen LogP) is 1.09. The lowest BCUT2D eigenvalue weighted by Crippen LogP contribution is -2.50. The molecule has 7 nitrogen and oxygen atoms in total. The predicted molar refractivity (Wildman–Crippen MR) is 110 cm³/mol. The van der Waals surface area contributed by atoms with Crippen LogP contribution in [-0.2, 0) is 11.2 Å². The molecule has 27 heavy (non-hydrogen) atoms. The topological polar surface area (TPSA) is 81.7 Å². The molecule has 2 heterocycles. The molecule has 2 rings (SSSR count). The number of aromatic nitrogens is 1. The Labute approximate surface area is 163 Å². The number of carbonyl (C=O) groups is 1. The van der Waals surface area contributed by atoms with Crippen molar-refractivity contribution in [2.45, 2.75) is 45.6 Å². The number of pyridine rings is 1. The molecule has 1 aromatic heterocycles. The average Bonchev–Trinajstić information content (AvgIpc) is 2.68. The van der Waals surface area contributed by atoms with E-state index in [1.54, 1.807) is 7.05 Å². The largest absolute Gasteiger partial charge is 0.356 e. The standard InChI is InChI=1S/C20H34N6O/c1-4-9-23-19(27)15-26-12-7-18(8-13-26)25-20(21-3)24-11-6-17-5-10-22-14-16(17)2/h5,10,14,18H,4,6-9,11-13,15H2,1-3H3,(H,23,27)(H2,21,24,25). The third-order valence-electron chi connectivity index (χ3n) is 4.91. The number of hydrogen-bond acceptors (Lipinski definition) is 4. The summed E-state index contributed by atoms with van der Waals surface area (Å²) in [6.07, 6.45) is 7.70. The summed E-state index contributed by atoms with van der Waals surface area (Å²) in [5.74, 6) is 0.980. The van der Waals surface area contributed by atoms with Gasteiger partial charge in [-0.2, -0.15) is 0 Å². The number of aryl methyl sites for hydroxylation is 1. The molecule has 0 bridgehead atoms. The molecule has 0 radical (unpaired) electrons. The van der Waals surface area contributed by atoms with Crippen molar-refractivity contribution in [3.8, 4) is 0 Å². The van der Waals surface area contributed by atoms with E-state index >= 15 is 0 Å². The third kappa shape index (κ3) is 7.54. The van der Waals surface area contributed by atoms with Crippen LogP contribution in [0.1, 0.15) is 37.3 Å². The molecule has 0 spiro atoms. The highest BCUT2D eigenvalue weighted by molar-refractivity contribution is 5.80. The Morgan fingerprint density at radius 3 is 2.74 bits per heavy atom. The van der Waals surface area contributed by atoms with Crippen LogP contribution in [0.15, 0.2) is 23.5 Å². The third-order valence-corrected chi connectivity index (χ3v) is 4.91. The monoisotopic (exact) mass is 374 g/mol. The smallest absolute Gasteiger partial charge is 0.234 e. The maximum Gasteiger partial charge on any atom is 0.234 e. The number of nitrogens with one attached hydrogen (secondary N) is 3. The highest BCUT2D eigenvalue weighted by Crippen LogP contribution is 2.10. The van der Waals surface area contributed by atoms with Crippen molar-refractivity contribution in [1.29, 1.82) is 0 Å². The van der Waals surface area contributed by atoms with E-state index in [0.29, 0.717) is 12.6 Å². The van der Waals surface area contributed by atoms with Gasteiger partial charge in [0, 0.05) is 51.7 Å². The average molecular weight is 375 g/mol. The molecule has 1 aliphatic heterocycles. The van der Waals surface area contributed by atoms with Gasteiger partial charge in [0.15, 0.2) is 5.96 Å². The fourth-order valence-electron chi connectivity index (χ4n) is 3.25. The van der Waals surface area contributed by atoms with Crippen molar-refractivity contribution in [3.63, 3.8) is 0 Å². The Balaban J connectivity index is 1.67. The summed E-state index contributed by atoms with van der Waals surface area (Å²) in [4.78, 5) is 22.5. The van der Waals surface area contributed by atoms with Crippen LogP contribution in [-0.4, -0.2) is 67.6 Å². The first-order valence-corrected chi connectivity index (χ1v) is 9.98. The molecular weight excluding hydrogens is 340 g/mol. The van der Waals surface area contributed by atoms with Crippen molar-refractivity contribution >= 4 is 11.9 Å². The minimum absolute atomic E-state index is 0.132. The number of carbonyl (C=O) groups excluding carboxylic acids is 1. The second-order valence-corrected chi connectivity index (χ2v) is 7.10. The van der Waals surface area contributed by atoms with E-state index in [1.165, 1.54) is 11.1 Å². The van der Waals surface area contributed by atoms with Gasteiger partial charge in [0.05, 0.1) is 6.54 Å². The first-order valence-electron chi connectivity index (χ1n) is 9.98. The van der Waals surface area contributed by atoms with Crippen LogP contribution >= 0.6 is 0 Å². The van der Waals surface area contributed by atoms with E-state index in [-0.39, 0.29) is 5.91 Å². The van der Waals surface area contributed by atoms with E-state index in [2.05, 4.69) is 50.7 Å². The Bertz CT molecular complexity index is 610. The molecule has 0 atom stereocenters. The van der Waals surface area contributed by atoms with Gasteiger partial charge in [0.2, 0.25) is 5.91 Å². The first kappa shape index (κ1) is 21.2. The zero-order valence-corrected chi connectivity index (χ0v) is 16.9. The summed E-state index contributed by atoms with van der Waals surface area (Å²) in [7, 11) is 1.81. The van der Waals surface area contributed by atoms with Crippen LogP contribution in [0, 0.1) is 6.92 Å². The van der Waals surface area contributed by atoms with Gasteiger partial charge in [0.1, 0.15) is 0 Å². The molecule has 0 aliphatic carbocycles. The Hall–Kier alpha value is -2.15. The molecular formula is C20H34N6O. The molecule has 0 saturated carbocycles. The lowest BCUT2D eigenvalue weighted by Gasteiger charge is -2.32. The van der Waals surface area contributed by atoms with Crippen molar-refractivity contribution < 1.29 is 4.79 Å². The number of amides is 1. The van der Waals surface area contributed by atoms with Crippen molar-refractivity contribution in [1.82, 2.24) is 25.8 Å². The van der Waals surface area contributed by atoms with Gasteiger partial charge >= 0.3 is 0 Å². The van der Waals surface area contributed by atoms with Gasteiger partial charge in [-0.25, -0.2) is 0 Å². The second kappa shape index (κ2) is 11.5. The zero-order chi connectivity index (χ0) is 19.5. The molecule has 1 aliphatic rings. The number of piperidine rings is 1. The number of rotatable bonds is 8. The fourth-order valence-corrected chi connectivity index (χ4v) is 3.25. The minimum atomic E-state index is 0.132. The van der Waals surface area contributed by atoms with Crippen LogP contribution in [0.2, 0.25) is 0 Å². The number of likely N-dealkylation sites (tertiary alicyclic amines) is 1. The van der Waals surface area contributed by atoms with Crippen LogP contribution in [0.4, 0.5) is 0 Å². The van der Waals surface area contributed by atoms with Gasteiger partial charge < -0.3 is 16.0 Å². The van der Waals surface area contributed by atoms with Crippen molar-refractivity contribution in [2.75, 3.05) is 39.8 Å². The number of guanidine groups is 1. The summed E-state index contributed by atoms with van der Waals surface area (Å²) in [6, 6.07) is 2.47. The quantitative estimate of drug-likeness (QED) is 0.469. The number of aliphatic imine (C=N–C) groups is 1. The van der Waals surface area contributed by atoms with Gasteiger partial charge in [0.25, 0.3) is 0 Å². The fraction of sp³-hybridized carbons (Fsp3) is 0.650. The minimum Gasteiger partial charge on any atom is -0.356 e. The van der Waals surface area contributed by atoms with Crippen molar-refractivity contribution in [2.24, 2.45) is 4.99 Å². The van der Waals surface area contributed by atoms with Crippen molar-refractivity contribution in [3.05, 3.63) is 29.6 Å². The summed E-state index contributed by atoms with van der Waals surface area (Å²) in [6.45, 7) is 8.13. The molecule has 3 N–H and O–H groups in total. The van der Waals surface area contributed by atoms with Gasteiger partial charge in [-0.05, 0) is 49.8 Å². The Kier molecular flexibility index (Phi) is 9.04. The summed E-state index contributed by atoms with van der Waals surface area (Å²) >= 11 is 0. The summed E-state index contributed by atoms with van der Waals surface area (Å²) in [5.41, 5.74) is 2.53. The van der Waals surface area contributed by atoms with E-state index < -0.39 is 0 Å². The Morgan fingerprint density at radius 2 is 2.07 bits per heavy atom. The Morgan fingerprint density at radius 1 is 1.30 bits per heavy atom. The lowest BCUT2D eigenvalue weighted by atomic mass is 10.1. The summed E-state index contributed by atoms with van der Waals surface area (Å²) in [5, 5.41) is 9.86. The number of nitrogens with zero attached hydrogens (tertiary/aromatic N) is 3. The molecule has 7 heteroatoms. The van der Waals surface area contributed by atoms with Crippen LogP contribution in [0.3, 0.4) is 0 Å². The molecule has 0 aromatic carbocycles. The van der Waals surface area contributed by atoms with Crippen LogP contribution < -0.4 is 16.0 Å².